The van der Waals surface area contributed by atoms with Gasteiger partial charge in [0.05, 0.1) is 0 Å². The molecule has 0 saturated heterocycles. The van der Waals surface area contributed by atoms with Crippen molar-refractivity contribution < 1.29 is 0 Å². The van der Waals surface area contributed by atoms with Gasteiger partial charge in [-0.25, -0.2) is 0 Å². The van der Waals surface area contributed by atoms with Crippen LogP contribution in [0.2, 0.25) is 0 Å². The van der Waals surface area contributed by atoms with Crippen LogP contribution in [0, 0.1) is 5.92 Å². The van der Waals surface area contributed by atoms with E-state index in [1.54, 1.807) is 0 Å². The summed E-state index contributed by atoms with van der Waals surface area (Å²) < 4.78 is 0. The second-order valence-electron chi connectivity index (χ2n) is 5.31. The summed E-state index contributed by atoms with van der Waals surface area (Å²) in [4.78, 5) is 2.37. The SMILES string of the molecule is CC(C)CNC(=S)NCCCCN(C)C(C)C. The van der Waals surface area contributed by atoms with Crippen LogP contribution in [0.25, 0.3) is 0 Å². The van der Waals surface area contributed by atoms with Gasteiger partial charge in [-0.1, -0.05) is 13.8 Å². The van der Waals surface area contributed by atoms with Crippen molar-refractivity contribution in [2.24, 2.45) is 5.92 Å². The summed E-state index contributed by atoms with van der Waals surface area (Å²) in [5.41, 5.74) is 0. The second kappa shape index (κ2) is 9.66. The highest BCUT2D eigenvalue weighted by Crippen LogP contribution is 1.97. The smallest absolute Gasteiger partial charge is 0.166 e. The summed E-state index contributed by atoms with van der Waals surface area (Å²) >= 11 is 5.18. The molecular formula is C13H29N3S. The zero-order chi connectivity index (χ0) is 13.3. The predicted octanol–water partition coefficient (Wildman–Crippen LogP) is 2.23. The van der Waals surface area contributed by atoms with Crippen LogP contribution < -0.4 is 10.6 Å². The van der Waals surface area contributed by atoms with Crippen molar-refractivity contribution in [3.63, 3.8) is 0 Å². The number of nitrogens with one attached hydrogen (secondary N) is 2. The van der Waals surface area contributed by atoms with Crippen LogP contribution in [0.4, 0.5) is 0 Å². The van der Waals surface area contributed by atoms with Crippen LogP contribution >= 0.6 is 12.2 Å². The fraction of sp³-hybridized carbons (Fsp3) is 0.923. The fourth-order valence-electron chi connectivity index (χ4n) is 1.31. The number of unbranched alkanes of at least 4 members (excludes halogenated alkanes) is 1. The second-order valence-corrected chi connectivity index (χ2v) is 5.72. The van der Waals surface area contributed by atoms with Crippen molar-refractivity contribution >= 4 is 17.3 Å². The minimum absolute atomic E-state index is 0.634. The molecule has 0 spiro atoms. The monoisotopic (exact) mass is 259 g/mol. The van der Waals surface area contributed by atoms with Gasteiger partial charge in [-0.15, -0.1) is 0 Å². The standard InChI is InChI=1S/C13H29N3S/c1-11(2)10-15-13(17)14-8-6-7-9-16(5)12(3)4/h11-12H,6-10H2,1-5H3,(H2,14,15,17). The lowest BCUT2D eigenvalue weighted by Crippen LogP contribution is -2.37. The molecule has 0 aromatic heterocycles. The highest BCUT2D eigenvalue weighted by Gasteiger charge is 2.02. The van der Waals surface area contributed by atoms with Crippen LogP contribution in [0.3, 0.4) is 0 Å². The van der Waals surface area contributed by atoms with Crippen molar-refractivity contribution in [2.75, 3.05) is 26.7 Å². The quantitative estimate of drug-likeness (QED) is 0.516. The van der Waals surface area contributed by atoms with Gasteiger partial charge in [0.25, 0.3) is 0 Å². The van der Waals surface area contributed by atoms with E-state index in [1.807, 2.05) is 0 Å². The fourth-order valence-corrected chi connectivity index (χ4v) is 1.49. The van der Waals surface area contributed by atoms with E-state index >= 15 is 0 Å². The van der Waals surface area contributed by atoms with Crippen molar-refractivity contribution in [1.82, 2.24) is 15.5 Å². The van der Waals surface area contributed by atoms with Crippen LogP contribution in [0.5, 0.6) is 0 Å². The van der Waals surface area contributed by atoms with E-state index in [4.69, 9.17) is 12.2 Å². The molecule has 0 saturated carbocycles. The van der Waals surface area contributed by atoms with E-state index in [0.29, 0.717) is 12.0 Å². The molecule has 0 aliphatic carbocycles. The van der Waals surface area contributed by atoms with E-state index in [-0.39, 0.29) is 0 Å². The summed E-state index contributed by atoms with van der Waals surface area (Å²) in [5, 5.41) is 7.24. The Bertz CT molecular complexity index is 205. The molecule has 0 atom stereocenters. The third kappa shape index (κ3) is 10.5. The molecule has 0 rings (SSSR count). The first-order valence-electron chi connectivity index (χ1n) is 6.65. The normalized spacial score (nSPS) is 11.3. The maximum Gasteiger partial charge on any atom is 0.166 e. The predicted molar refractivity (Wildman–Crippen MR) is 80.4 cm³/mol. The summed E-state index contributed by atoms with van der Waals surface area (Å²) in [7, 11) is 2.17. The molecule has 0 aliphatic heterocycles. The van der Waals surface area contributed by atoms with Crippen LogP contribution in [-0.2, 0) is 0 Å². The average Bonchev–Trinajstić information content (AvgIpc) is 2.25. The summed E-state index contributed by atoms with van der Waals surface area (Å²) in [6.07, 6.45) is 2.38. The molecule has 17 heavy (non-hydrogen) atoms. The molecule has 0 bridgehead atoms. The van der Waals surface area contributed by atoms with Crippen LogP contribution in [-0.4, -0.2) is 42.7 Å². The first-order chi connectivity index (χ1) is 7.93. The Morgan fingerprint density at radius 2 is 1.76 bits per heavy atom. The Morgan fingerprint density at radius 1 is 1.12 bits per heavy atom. The highest BCUT2D eigenvalue weighted by atomic mass is 32.1. The van der Waals surface area contributed by atoms with Crippen molar-refractivity contribution in [3.05, 3.63) is 0 Å². The van der Waals surface area contributed by atoms with E-state index in [1.165, 1.54) is 12.8 Å². The lowest BCUT2D eigenvalue weighted by Gasteiger charge is -2.20. The first-order valence-corrected chi connectivity index (χ1v) is 7.06. The molecule has 4 heteroatoms. The van der Waals surface area contributed by atoms with Gasteiger partial charge in [0.1, 0.15) is 0 Å². The molecule has 0 aromatic carbocycles. The summed E-state index contributed by atoms with van der Waals surface area (Å²) in [6.45, 7) is 11.9. The van der Waals surface area contributed by atoms with Crippen LogP contribution in [0.1, 0.15) is 40.5 Å². The lowest BCUT2D eigenvalue weighted by molar-refractivity contribution is 0.268. The number of hydrogen-bond acceptors (Lipinski definition) is 2. The Balaban J connectivity index is 3.36. The summed E-state index contributed by atoms with van der Waals surface area (Å²) in [5.74, 6) is 0.634. The first kappa shape index (κ1) is 16.6. The number of rotatable bonds is 8. The van der Waals surface area contributed by atoms with Crippen molar-refractivity contribution in [1.29, 1.82) is 0 Å². The Labute approximate surface area is 112 Å². The van der Waals surface area contributed by atoms with Gasteiger partial charge >= 0.3 is 0 Å². The molecule has 0 unspecified atom stereocenters. The Morgan fingerprint density at radius 3 is 2.29 bits per heavy atom. The molecule has 3 nitrogen and oxygen atoms in total. The van der Waals surface area contributed by atoms with Crippen molar-refractivity contribution in [2.45, 2.75) is 46.6 Å². The van der Waals surface area contributed by atoms with E-state index in [2.05, 4.69) is 50.3 Å². The highest BCUT2D eigenvalue weighted by molar-refractivity contribution is 7.80. The van der Waals surface area contributed by atoms with Gasteiger partial charge in [0, 0.05) is 19.1 Å². The van der Waals surface area contributed by atoms with Crippen LogP contribution in [0.15, 0.2) is 0 Å². The molecule has 0 aliphatic rings. The topological polar surface area (TPSA) is 27.3 Å². The third-order valence-electron chi connectivity index (χ3n) is 2.78. The Hall–Kier alpha value is -0.350. The van der Waals surface area contributed by atoms with E-state index in [9.17, 15) is 0 Å². The molecule has 102 valence electrons. The minimum Gasteiger partial charge on any atom is -0.363 e. The molecule has 0 amide bonds. The van der Waals surface area contributed by atoms with Gasteiger partial charge < -0.3 is 15.5 Å². The number of hydrogen-bond donors (Lipinski definition) is 2. The third-order valence-corrected chi connectivity index (χ3v) is 3.06. The van der Waals surface area contributed by atoms with Gasteiger partial charge in [-0.05, 0) is 58.4 Å². The van der Waals surface area contributed by atoms with Gasteiger partial charge in [0.2, 0.25) is 0 Å². The zero-order valence-corrected chi connectivity index (χ0v) is 12.9. The maximum atomic E-state index is 5.18. The lowest BCUT2D eigenvalue weighted by atomic mass is 10.2. The van der Waals surface area contributed by atoms with E-state index in [0.717, 1.165) is 24.7 Å². The van der Waals surface area contributed by atoms with Crippen molar-refractivity contribution in [3.8, 4) is 0 Å². The number of nitrogens with zero attached hydrogens (tertiary/aromatic N) is 1. The number of thiocarbonyl (C=S) groups is 1. The molecule has 0 radical (unpaired) electrons. The molecule has 0 heterocycles. The Kier molecular flexibility index (Phi) is 9.46. The zero-order valence-electron chi connectivity index (χ0n) is 12.0. The van der Waals surface area contributed by atoms with E-state index < -0.39 is 0 Å². The molecule has 2 N–H and O–H groups in total. The maximum absolute atomic E-state index is 5.18. The van der Waals surface area contributed by atoms with Gasteiger partial charge in [0.15, 0.2) is 5.11 Å². The largest absolute Gasteiger partial charge is 0.363 e. The summed E-state index contributed by atoms with van der Waals surface area (Å²) in [6, 6.07) is 0.636. The minimum atomic E-state index is 0.634. The molecular weight excluding hydrogens is 230 g/mol. The molecule has 0 fully saturated rings. The van der Waals surface area contributed by atoms with Gasteiger partial charge in [-0.3, -0.25) is 0 Å². The van der Waals surface area contributed by atoms with Gasteiger partial charge in [-0.2, -0.15) is 0 Å². The molecule has 0 aromatic rings. The average molecular weight is 259 g/mol.